The van der Waals surface area contributed by atoms with Crippen molar-refractivity contribution in [1.29, 1.82) is 0 Å². The molecular formula is C18H24F3NO4. The molecule has 0 saturated heterocycles. The number of hydrogen-bond donors (Lipinski definition) is 1. The van der Waals surface area contributed by atoms with Gasteiger partial charge in [-0.05, 0) is 50.4 Å². The summed E-state index contributed by atoms with van der Waals surface area (Å²) in [6.07, 6.45) is 0.837. The minimum absolute atomic E-state index is 0.148. The van der Waals surface area contributed by atoms with Gasteiger partial charge in [0.05, 0.1) is 10.8 Å². The molecule has 0 aromatic rings. The molecule has 8 heteroatoms. The van der Waals surface area contributed by atoms with Gasteiger partial charge < -0.3 is 4.74 Å². The summed E-state index contributed by atoms with van der Waals surface area (Å²) in [6.45, 7) is 0.706. The van der Waals surface area contributed by atoms with Crippen molar-refractivity contribution in [3.63, 3.8) is 0 Å². The third-order valence-electron chi connectivity index (χ3n) is 6.18. The molecule has 4 fully saturated rings. The van der Waals surface area contributed by atoms with E-state index in [-0.39, 0.29) is 24.2 Å². The van der Waals surface area contributed by atoms with Crippen molar-refractivity contribution in [2.75, 3.05) is 6.61 Å². The van der Waals surface area contributed by atoms with E-state index in [2.05, 4.69) is 5.32 Å². The lowest BCUT2D eigenvalue weighted by molar-refractivity contribution is -0.188. The van der Waals surface area contributed by atoms with Crippen molar-refractivity contribution in [3.8, 4) is 0 Å². The second-order valence-electron chi connectivity index (χ2n) is 8.55. The van der Waals surface area contributed by atoms with E-state index in [1.165, 1.54) is 6.92 Å². The summed E-state index contributed by atoms with van der Waals surface area (Å²) in [6, 6.07) is 0. The number of carbonyl (C=O) groups excluding carboxylic acids is 3. The first-order valence-electron chi connectivity index (χ1n) is 8.97. The van der Waals surface area contributed by atoms with E-state index in [1.807, 2.05) is 0 Å². The van der Waals surface area contributed by atoms with Gasteiger partial charge in [0.15, 0.2) is 6.17 Å². The van der Waals surface area contributed by atoms with E-state index in [9.17, 15) is 27.6 Å². The average molecular weight is 375 g/mol. The first-order valence-corrected chi connectivity index (χ1v) is 8.97. The van der Waals surface area contributed by atoms with Gasteiger partial charge in [-0.3, -0.25) is 19.7 Å². The van der Waals surface area contributed by atoms with Crippen LogP contribution in [0.15, 0.2) is 0 Å². The molecule has 1 N–H and O–H groups in total. The van der Waals surface area contributed by atoms with Crippen LogP contribution >= 0.6 is 0 Å². The minimum Gasteiger partial charge on any atom is -0.462 e. The average Bonchev–Trinajstić information content (AvgIpc) is 2.49. The Hall–Kier alpha value is -1.60. The van der Waals surface area contributed by atoms with E-state index in [4.69, 9.17) is 4.74 Å². The highest BCUT2D eigenvalue weighted by molar-refractivity contribution is 5.97. The van der Waals surface area contributed by atoms with Crippen molar-refractivity contribution < 1.29 is 32.3 Å². The summed E-state index contributed by atoms with van der Waals surface area (Å²) < 4.78 is 44.3. The second-order valence-corrected chi connectivity index (χ2v) is 8.55. The van der Waals surface area contributed by atoms with Crippen molar-refractivity contribution in [3.05, 3.63) is 0 Å². The number of carbonyl (C=O) groups is 3. The molecule has 0 aromatic carbocycles. The highest BCUT2D eigenvalue weighted by Crippen LogP contribution is 2.65. The van der Waals surface area contributed by atoms with Gasteiger partial charge in [-0.25, -0.2) is 13.2 Å². The van der Waals surface area contributed by atoms with E-state index in [0.717, 1.165) is 6.42 Å². The summed E-state index contributed by atoms with van der Waals surface area (Å²) in [5.74, 6) is -4.80. The number of alkyl halides is 3. The zero-order valence-corrected chi connectivity index (χ0v) is 14.9. The maximum atomic E-state index is 13.5. The Morgan fingerprint density at radius 2 is 1.69 bits per heavy atom. The molecule has 26 heavy (non-hydrogen) atoms. The molecule has 0 heterocycles. The zero-order valence-electron chi connectivity index (χ0n) is 14.9. The Balaban J connectivity index is 1.76. The lowest BCUT2D eigenvalue weighted by atomic mass is 9.44. The summed E-state index contributed by atoms with van der Waals surface area (Å²) >= 11 is 0. The van der Waals surface area contributed by atoms with Crippen molar-refractivity contribution in [1.82, 2.24) is 5.32 Å². The van der Waals surface area contributed by atoms with Gasteiger partial charge in [0, 0.05) is 13.8 Å². The fourth-order valence-corrected chi connectivity index (χ4v) is 5.51. The minimum atomic E-state index is -3.58. The lowest BCUT2D eigenvalue weighted by Crippen LogP contribution is -2.60. The number of amides is 2. The summed E-state index contributed by atoms with van der Waals surface area (Å²) in [5, 5.41) is 2.34. The number of hydrogen-bond acceptors (Lipinski definition) is 4. The molecule has 4 aliphatic rings. The highest BCUT2D eigenvalue weighted by Gasteiger charge is 2.63. The van der Waals surface area contributed by atoms with Gasteiger partial charge in [-0.1, -0.05) is 0 Å². The number of nitrogens with one attached hydrogen (secondary N) is 1. The molecule has 4 saturated carbocycles. The fraction of sp³-hybridized carbons (Fsp3) is 0.833. The molecule has 146 valence electrons. The van der Waals surface area contributed by atoms with Crippen molar-refractivity contribution >= 4 is 17.8 Å². The fourth-order valence-electron chi connectivity index (χ4n) is 5.51. The van der Waals surface area contributed by atoms with Crippen molar-refractivity contribution in [2.24, 2.45) is 22.7 Å². The van der Waals surface area contributed by atoms with Crippen LogP contribution in [0.25, 0.3) is 0 Å². The summed E-state index contributed by atoms with van der Waals surface area (Å²) in [7, 11) is 0. The SMILES string of the molecule is CC(=O)NC(=O)C12CC3CC(C1)CC(C(=O)OCC(F)C(C)(F)F)(C3)C2. The number of halogens is 3. The maximum Gasteiger partial charge on any atom is 0.312 e. The maximum absolute atomic E-state index is 13.5. The third kappa shape index (κ3) is 3.34. The quantitative estimate of drug-likeness (QED) is 0.750. The van der Waals surface area contributed by atoms with Gasteiger partial charge in [0.2, 0.25) is 11.8 Å². The summed E-state index contributed by atoms with van der Waals surface area (Å²) in [5.41, 5.74) is -1.75. The molecule has 4 rings (SSSR count). The van der Waals surface area contributed by atoms with Crippen LogP contribution in [0.4, 0.5) is 13.2 Å². The Kier molecular flexibility index (Phi) is 4.60. The normalized spacial score (nSPS) is 36.5. The van der Waals surface area contributed by atoms with Crippen molar-refractivity contribution in [2.45, 2.75) is 64.5 Å². The van der Waals surface area contributed by atoms with Gasteiger partial charge in [-0.15, -0.1) is 0 Å². The molecule has 0 spiro atoms. The van der Waals surface area contributed by atoms with E-state index in [0.29, 0.717) is 32.6 Å². The number of esters is 1. The molecule has 4 bridgehead atoms. The molecular weight excluding hydrogens is 351 g/mol. The van der Waals surface area contributed by atoms with Crippen LogP contribution in [0.1, 0.15) is 52.4 Å². The van der Waals surface area contributed by atoms with Crippen LogP contribution in [-0.4, -0.2) is 36.5 Å². The topological polar surface area (TPSA) is 72.5 Å². The number of imide groups is 1. The van der Waals surface area contributed by atoms with Crippen LogP contribution in [0.2, 0.25) is 0 Å². The Bertz CT molecular complexity index is 616. The molecule has 2 amide bonds. The Morgan fingerprint density at radius 1 is 1.15 bits per heavy atom. The first kappa shape index (κ1) is 19.2. The van der Waals surface area contributed by atoms with Gasteiger partial charge in [-0.2, -0.15) is 0 Å². The molecule has 4 aliphatic carbocycles. The van der Waals surface area contributed by atoms with Crippen LogP contribution in [0, 0.1) is 22.7 Å². The number of ether oxygens (including phenoxy) is 1. The molecule has 0 aromatic heterocycles. The molecule has 0 radical (unpaired) electrons. The summed E-state index contributed by atoms with van der Waals surface area (Å²) in [4.78, 5) is 36.6. The molecule has 5 nitrogen and oxygen atoms in total. The first-order chi connectivity index (χ1) is 12.0. The predicted octanol–water partition coefficient (Wildman–Crippen LogP) is 2.77. The highest BCUT2D eigenvalue weighted by atomic mass is 19.3. The Labute approximate surface area is 150 Å². The zero-order chi connectivity index (χ0) is 19.3. The van der Waals surface area contributed by atoms with E-state index < -0.39 is 41.4 Å². The van der Waals surface area contributed by atoms with Crippen LogP contribution < -0.4 is 5.32 Å². The second kappa shape index (κ2) is 6.23. The predicted molar refractivity (Wildman–Crippen MR) is 84.8 cm³/mol. The molecule has 3 unspecified atom stereocenters. The lowest BCUT2D eigenvalue weighted by Gasteiger charge is -2.59. The van der Waals surface area contributed by atoms with Crippen LogP contribution in [0.5, 0.6) is 0 Å². The standard InChI is InChI=1S/C18H24F3NO4/c1-10(23)22-14(24)17-4-11-3-12(5-17)7-18(6-11,9-17)15(25)26-8-13(19)16(2,20)21/h11-13H,3-9H2,1-2H3,(H,22,23,24). The largest absolute Gasteiger partial charge is 0.462 e. The van der Waals surface area contributed by atoms with Crippen LogP contribution in [-0.2, 0) is 19.1 Å². The van der Waals surface area contributed by atoms with Crippen LogP contribution in [0.3, 0.4) is 0 Å². The van der Waals surface area contributed by atoms with Gasteiger partial charge >= 0.3 is 5.97 Å². The molecule has 0 aliphatic heterocycles. The smallest absolute Gasteiger partial charge is 0.312 e. The third-order valence-corrected chi connectivity index (χ3v) is 6.18. The molecule has 3 atom stereocenters. The van der Waals surface area contributed by atoms with Gasteiger partial charge in [0.25, 0.3) is 5.92 Å². The van der Waals surface area contributed by atoms with E-state index >= 15 is 0 Å². The number of rotatable bonds is 5. The van der Waals surface area contributed by atoms with Gasteiger partial charge in [0.1, 0.15) is 6.61 Å². The van der Waals surface area contributed by atoms with E-state index in [1.54, 1.807) is 0 Å². The monoisotopic (exact) mass is 375 g/mol. The Morgan fingerprint density at radius 3 is 2.19 bits per heavy atom.